The molecule has 1 saturated carbocycles. The second-order valence-electron chi connectivity index (χ2n) is 4.82. The molecule has 3 nitrogen and oxygen atoms in total. The number of aliphatic hydroxyl groups is 2. The van der Waals surface area contributed by atoms with E-state index in [1.165, 1.54) is 0 Å². The SMILES string of the molecule is C[C@H](NC1(O)C[C@@H]1C)[C@H](O)c1ccccc1. The van der Waals surface area contributed by atoms with Gasteiger partial charge in [-0.2, -0.15) is 0 Å². The molecule has 1 fully saturated rings. The van der Waals surface area contributed by atoms with Gasteiger partial charge in [0.05, 0.1) is 6.10 Å². The molecule has 3 N–H and O–H groups in total. The van der Waals surface area contributed by atoms with Crippen LogP contribution in [-0.2, 0) is 0 Å². The van der Waals surface area contributed by atoms with E-state index in [0.29, 0.717) is 0 Å². The lowest BCUT2D eigenvalue weighted by molar-refractivity contribution is 0.0454. The lowest BCUT2D eigenvalue weighted by Gasteiger charge is -2.24. The van der Waals surface area contributed by atoms with Crippen LogP contribution >= 0.6 is 0 Å². The van der Waals surface area contributed by atoms with Crippen molar-refractivity contribution in [2.75, 3.05) is 0 Å². The van der Waals surface area contributed by atoms with Crippen molar-refractivity contribution in [3.05, 3.63) is 35.9 Å². The molecule has 3 heteroatoms. The fourth-order valence-electron chi connectivity index (χ4n) is 2.02. The molecule has 1 aliphatic carbocycles. The summed E-state index contributed by atoms with van der Waals surface area (Å²) in [5, 5.41) is 23.1. The Hall–Kier alpha value is -0.900. The third-order valence-corrected chi connectivity index (χ3v) is 3.36. The second-order valence-corrected chi connectivity index (χ2v) is 4.82. The topological polar surface area (TPSA) is 52.5 Å². The summed E-state index contributed by atoms with van der Waals surface area (Å²) >= 11 is 0. The fourth-order valence-corrected chi connectivity index (χ4v) is 2.02. The Morgan fingerprint density at radius 3 is 2.44 bits per heavy atom. The lowest BCUT2D eigenvalue weighted by atomic mass is 10.0. The standard InChI is InChI=1S/C13H19NO2/c1-9-8-13(9,16)14-10(2)12(15)11-6-4-3-5-7-11/h3-7,9-10,12,14-16H,8H2,1-2H3/t9-,10-,12-,13?/m0/s1. The molecule has 0 spiro atoms. The van der Waals surface area contributed by atoms with Gasteiger partial charge in [0, 0.05) is 12.0 Å². The first-order valence-corrected chi connectivity index (χ1v) is 5.76. The average molecular weight is 221 g/mol. The number of nitrogens with one attached hydrogen (secondary N) is 1. The summed E-state index contributed by atoms with van der Waals surface area (Å²) < 4.78 is 0. The Bertz CT molecular complexity index is 354. The summed E-state index contributed by atoms with van der Waals surface area (Å²) in [5.41, 5.74) is 0.106. The molecule has 0 amide bonds. The van der Waals surface area contributed by atoms with Crippen LogP contribution in [-0.4, -0.2) is 22.0 Å². The van der Waals surface area contributed by atoms with Gasteiger partial charge in [-0.05, 0) is 18.9 Å². The molecule has 0 heterocycles. The third kappa shape index (κ3) is 2.26. The van der Waals surface area contributed by atoms with Crippen molar-refractivity contribution in [3.63, 3.8) is 0 Å². The van der Waals surface area contributed by atoms with Crippen LogP contribution in [0.15, 0.2) is 30.3 Å². The first-order chi connectivity index (χ1) is 7.53. The van der Waals surface area contributed by atoms with Gasteiger partial charge in [-0.25, -0.2) is 0 Å². The van der Waals surface area contributed by atoms with Crippen LogP contribution in [0, 0.1) is 5.92 Å². The van der Waals surface area contributed by atoms with Gasteiger partial charge in [0.2, 0.25) is 0 Å². The van der Waals surface area contributed by atoms with E-state index < -0.39 is 11.8 Å². The van der Waals surface area contributed by atoms with Crippen molar-refractivity contribution in [2.45, 2.75) is 38.1 Å². The van der Waals surface area contributed by atoms with Crippen molar-refractivity contribution < 1.29 is 10.2 Å². The predicted octanol–water partition coefficient (Wildman–Crippen LogP) is 1.43. The first-order valence-electron chi connectivity index (χ1n) is 5.76. The molecule has 0 aliphatic heterocycles. The molecule has 2 rings (SSSR count). The smallest absolute Gasteiger partial charge is 0.119 e. The summed E-state index contributed by atoms with van der Waals surface area (Å²) in [6, 6.07) is 9.36. The van der Waals surface area contributed by atoms with Gasteiger partial charge in [0.15, 0.2) is 0 Å². The van der Waals surface area contributed by atoms with Gasteiger partial charge in [-0.1, -0.05) is 37.3 Å². The van der Waals surface area contributed by atoms with E-state index in [0.717, 1.165) is 12.0 Å². The van der Waals surface area contributed by atoms with Crippen LogP contribution < -0.4 is 5.32 Å². The van der Waals surface area contributed by atoms with Crippen LogP contribution in [0.2, 0.25) is 0 Å². The minimum absolute atomic E-state index is 0.155. The quantitative estimate of drug-likeness (QED) is 0.674. The van der Waals surface area contributed by atoms with Gasteiger partial charge in [-0.15, -0.1) is 0 Å². The van der Waals surface area contributed by atoms with Crippen molar-refractivity contribution in [1.29, 1.82) is 0 Å². The Kier molecular flexibility index (Phi) is 3.02. The normalized spacial score (nSPS) is 32.1. The zero-order valence-electron chi connectivity index (χ0n) is 9.72. The van der Waals surface area contributed by atoms with Crippen LogP contribution in [0.3, 0.4) is 0 Å². The zero-order chi connectivity index (χ0) is 11.8. The van der Waals surface area contributed by atoms with Crippen molar-refractivity contribution in [3.8, 4) is 0 Å². The summed E-state index contributed by atoms with van der Waals surface area (Å²) in [7, 11) is 0. The van der Waals surface area contributed by atoms with Gasteiger partial charge in [-0.3, -0.25) is 5.32 Å². The van der Waals surface area contributed by atoms with Gasteiger partial charge < -0.3 is 10.2 Å². The van der Waals surface area contributed by atoms with Crippen LogP contribution in [0.4, 0.5) is 0 Å². The highest BCUT2D eigenvalue weighted by molar-refractivity contribution is 5.19. The molecule has 0 bridgehead atoms. The van der Waals surface area contributed by atoms with Crippen LogP contribution in [0.25, 0.3) is 0 Å². The summed E-state index contributed by atoms with van der Waals surface area (Å²) in [5.74, 6) is 0.276. The first kappa shape index (κ1) is 11.6. The maximum absolute atomic E-state index is 10.1. The van der Waals surface area contributed by atoms with Crippen molar-refractivity contribution in [1.82, 2.24) is 5.32 Å². The minimum Gasteiger partial charge on any atom is -0.387 e. The molecule has 88 valence electrons. The van der Waals surface area contributed by atoms with E-state index >= 15 is 0 Å². The van der Waals surface area contributed by atoms with Gasteiger partial charge in [0.25, 0.3) is 0 Å². The van der Waals surface area contributed by atoms with E-state index in [2.05, 4.69) is 5.32 Å². The lowest BCUT2D eigenvalue weighted by Crippen LogP contribution is -2.42. The zero-order valence-corrected chi connectivity index (χ0v) is 9.72. The monoisotopic (exact) mass is 221 g/mol. The highest BCUT2D eigenvalue weighted by Crippen LogP contribution is 2.41. The minimum atomic E-state index is -0.769. The van der Waals surface area contributed by atoms with E-state index in [9.17, 15) is 10.2 Å². The van der Waals surface area contributed by atoms with Gasteiger partial charge >= 0.3 is 0 Å². The number of aliphatic hydroxyl groups excluding tert-OH is 1. The maximum atomic E-state index is 10.1. The number of hydrogen-bond donors (Lipinski definition) is 3. The second kappa shape index (κ2) is 4.17. The number of rotatable bonds is 4. The van der Waals surface area contributed by atoms with E-state index in [1.54, 1.807) is 0 Å². The van der Waals surface area contributed by atoms with E-state index in [-0.39, 0.29) is 12.0 Å². The Morgan fingerprint density at radius 2 is 1.94 bits per heavy atom. The highest BCUT2D eigenvalue weighted by atomic mass is 16.3. The van der Waals surface area contributed by atoms with E-state index in [4.69, 9.17) is 0 Å². The Labute approximate surface area is 96.1 Å². The largest absolute Gasteiger partial charge is 0.387 e. The molecule has 1 unspecified atom stereocenters. The molecular formula is C13H19NO2. The van der Waals surface area contributed by atoms with Crippen molar-refractivity contribution in [2.24, 2.45) is 5.92 Å². The van der Waals surface area contributed by atoms with Crippen molar-refractivity contribution >= 4 is 0 Å². The summed E-state index contributed by atoms with van der Waals surface area (Å²) in [4.78, 5) is 0. The highest BCUT2D eigenvalue weighted by Gasteiger charge is 2.50. The Morgan fingerprint density at radius 1 is 1.38 bits per heavy atom. The molecular weight excluding hydrogens is 202 g/mol. The molecule has 1 aromatic carbocycles. The maximum Gasteiger partial charge on any atom is 0.119 e. The third-order valence-electron chi connectivity index (χ3n) is 3.36. The molecule has 16 heavy (non-hydrogen) atoms. The van der Waals surface area contributed by atoms with Crippen LogP contribution in [0.1, 0.15) is 31.9 Å². The average Bonchev–Trinajstić information content (AvgIpc) is 2.86. The predicted molar refractivity (Wildman–Crippen MR) is 62.7 cm³/mol. The fraction of sp³-hybridized carbons (Fsp3) is 0.538. The molecule has 1 aliphatic rings. The number of hydrogen-bond acceptors (Lipinski definition) is 3. The summed E-state index contributed by atoms with van der Waals surface area (Å²) in [6.07, 6.45) is 0.178. The van der Waals surface area contributed by atoms with Crippen LogP contribution in [0.5, 0.6) is 0 Å². The van der Waals surface area contributed by atoms with E-state index in [1.807, 2.05) is 44.2 Å². The number of benzene rings is 1. The molecule has 4 atom stereocenters. The molecule has 0 radical (unpaired) electrons. The Balaban J connectivity index is 1.97. The molecule has 1 aromatic rings. The summed E-state index contributed by atoms with van der Waals surface area (Å²) in [6.45, 7) is 3.88. The molecule has 0 aromatic heterocycles. The molecule has 0 saturated heterocycles. The van der Waals surface area contributed by atoms with Gasteiger partial charge in [0.1, 0.15) is 5.72 Å².